The lowest BCUT2D eigenvalue weighted by atomic mass is 9.93. The summed E-state index contributed by atoms with van der Waals surface area (Å²) in [5.41, 5.74) is 3.03. The number of nitrogens with one attached hydrogen (secondary N) is 1. The molecule has 1 atom stereocenters. The number of hydrogen-bond acceptors (Lipinski definition) is 4. The van der Waals surface area contributed by atoms with Crippen LogP contribution in [0.4, 0.5) is 5.69 Å². The third-order valence-electron chi connectivity index (χ3n) is 5.68. The molecule has 7 nitrogen and oxygen atoms in total. The van der Waals surface area contributed by atoms with Gasteiger partial charge in [-0.15, -0.1) is 0 Å². The summed E-state index contributed by atoms with van der Waals surface area (Å²) in [6, 6.07) is 13.5. The lowest BCUT2D eigenvalue weighted by molar-refractivity contribution is -0.133. The van der Waals surface area contributed by atoms with E-state index in [2.05, 4.69) is 5.32 Å². The van der Waals surface area contributed by atoms with E-state index >= 15 is 0 Å². The largest absolute Gasteiger partial charge is 0.350 e. The number of benzene rings is 2. The highest BCUT2D eigenvalue weighted by Crippen LogP contribution is 2.33. The molecule has 2 aromatic carbocycles. The van der Waals surface area contributed by atoms with Gasteiger partial charge in [0.2, 0.25) is 21.8 Å². The zero-order valence-electron chi connectivity index (χ0n) is 18.6. The Morgan fingerprint density at radius 1 is 1.06 bits per heavy atom. The Hall–Kier alpha value is -2.71. The van der Waals surface area contributed by atoms with Crippen molar-refractivity contribution in [1.82, 2.24) is 9.62 Å². The van der Waals surface area contributed by atoms with Crippen LogP contribution in [0.2, 0.25) is 0 Å². The van der Waals surface area contributed by atoms with Crippen LogP contribution in [0.3, 0.4) is 0 Å². The molecule has 0 aliphatic carbocycles. The van der Waals surface area contributed by atoms with Crippen LogP contribution in [-0.4, -0.2) is 49.4 Å². The van der Waals surface area contributed by atoms with Gasteiger partial charge >= 0.3 is 0 Å². The van der Waals surface area contributed by atoms with Gasteiger partial charge in [0.15, 0.2) is 0 Å². The maximum Gasteiger partial charge on any atom is 0.247 e. The topological polar surface area (TPSA) is 86.8 Å². The summed E-state index contributed by atoms with van der Waals surface area (Å²) in [6.45, 7) is 7.25. The van der Waals surface area contributed by atoms with Crippen LogP contribution in [0.25, 0.3) is 0 Å². The van der Waals surface area contributed by atoms with E-state index in [9.17, 15) is 18.0 Å². The highest BCUT2D eigenvalue weighted by Gasteiger charge is 2.50. The number of sulfonamides is 1. The van der Waals surface area contributed by atoms with Gasteiger partial charge in [0.1, 0.15) is 5.54 Å². The predicted octanol–water partition coefficient (Wildman–Crippen LogP) is 2.30. The Kier molecular flexibility index (Phi) is 6.25. The molecule has 1 heterocycles. The summed E-state index contributed by atoms with van der Waals surface area (Å²) in [7, 11) is -3.65. The molecular formula is C23H29N3O4S. The molecule has 0 bridgehead atoms. The quantitative estimate of drug-likeness (QED) is 0.768. The molecule has 1 aliphatic rings. The van der Waals surface area contributed by atoms with E-state index in [1.54, 1.807) is 6.92 Å². The number of hydrogen-bond donors (Lipinski definition) is 1. The molecule has 31 heavy (non-hydrogen) atoms. The van der Waals surface area contributed by atoms with Crippen LogP contribution >= 0.6 is 0 Å². The van der Waals surface area contributed by atoms with Gasteiger partial charge in [-0.05, 0) is 50.5 Å². The number of carbonyl (C=O) groups excluding carboxylic acids is 2. The van der Waals surface area contributed by atoms with Crippen LogP contribution in [0.5, 0.6) is 0 Å². The van der Waals surface area contributed by atoms with Crippen molar-refractivity contribution in [1.29, 1.82) is 0 Å². The normalized spacial score (nSPS) is 20.0. The van der Waals surface area contributed by atoms with Crippen LogP contribution in [0, 0.1) is 20.8 Å². The third-order valence-corrected chi connectivity index (χ3v) is 6.87. The second-order valence-corrected chi connectivity index (χ2v) is 10.5. The number of nitrogens with zero attached hydrogens (tertiary/aromatic N) is 2. The van der Waals surface area contributed by atoms with Gasteiger partial charge in [-0.25, -0.2) is 8.42 Å². The highest BCUT2D eigenvalue weighted by atomic mass is 32.2. The Bertz CT molecular complexity index is 1110. The molecule has 2 amide bonds. The van der Waals surface area contributed by atoms with Crippen LogP contribution < -0.4 is 10.2 Å². The summed E-state index contributed by atoms with van der Waals surface area (Å²) in [4.78, 5) is 28.1. The molecular weight excluding hydrogens is 414 g/mol. The molecule has 8 heteroatoms. The number of amides is 2. The molecule has 1 saturated heterocycles. The summed E-state index contributed by atoms with van der Waals surface area (Å²) in [5, 5.41) is 2.90. The second kappa shape index (κ2) is 8.43. The first-order valence-electron chi connectivity index (χ1n) is 10.1. The van der Waals surface area contributed by atoms with Crippen molar-refractivity contribution in [3.63, 3.8) is 0 Å². The van der Waals surface area contributed by atoms with E-state index in [1.165, 1.54) is 4.90 Å². The van der Waals surface area contributed by atoms with Crippen molar-refractivity contribution in [3.05, 3.63) is 64.7 Å². The van der Waals surface area contributed by atoms with Crippen LogP contribution in [-0.2, 0) is 26.2 Å². The van der Waals surface area contributed by atoms with E-state index in [1.807, 2.05) is 63.2 Å². The van der Waals surface area contributed by atoms with Gasteiger partial charge in [-0.2, -0.15) is 4.31 Å². The van der Waals surface area contributed by atoms with E-state index in [-0.39, 0.29) is 19.6 Å². The van der Waals surface area contributed by atoms with E-state index in [4.69, 9.17) is 0 Å². The number of anilines is 1. The van der Waals surface area contributed by atoms with Crippen LogP contribution in [0.15, 0.2) is 42.5 Å². The minimum absolute atomic E-state index is 0.120. The number of aryl methyl sites for hydroxylation is 3. The molecule has 3 rings (SSSR count). The van der Waals surface area contributed by atoms with Gasteiger partial charge in [-0.3, -0.25) is 14.5 Å². The molecule has 2 aromatic rings. The van der Waals surface area contributed by atoms with Crippen LogP contribution in [0.1, 0.15) is 29.2 Å². The lowest BCUT2D eigenvalue weighted by Gasteiger charge is -2.47. The zero-order valence-corrected chi connectivity index (χ0v) is 19.4. The summed E-state index contributed by atoms with van der Waals surface area (Å²) < 4.78 is 25.6. The average molecular weight is 444 g/mol. The Balaban J connectivity index is 1.99. The predicted molar refractivity (Wildman–Crippen MR) is 121 cm³/mol. The zero-order chi connectivity index (χ0) is 23.0. The first-order valence-corrected chi connectivity index (χ1v) is 12.0. The Labute approximate surface area is 184 Å². The molecule has 0 radical (unpaired) electrons. The first-order chi connectivity index (χ1) is 14.4. The summed E-state index contributed by atoms with van der Waals surface area (Å²) in [5.74, 6) is -0.839. The fourth-order valence-electron chi connectivity index (χ4n) is 3.81. The minimum Gasteiger partial charge on any atom is -0.350 e. The SMILES string of the molecule is Cc1ccc(CNC(=O)[C@]2(C)CN(S(C)(=O)=O)CC(=O)N2c2cc(C)ccc2C)cc1. The maximum atomic E-state index is 13.4. The van der Waals surface area contributed by atoms with E-state index < -0.39 is 27.4 Å². The van der Waals surface area contributed by atoms with Crippen molar-refractivity contribution in [3.8, 4) is 0 Å². The van der Waals surface area contributed by atoms with Crippen molar-refractivity contribution < 1.29 is 18.0 Å². The van der Waals surface area contributed by atoms with Crippen molar-refractivity contribution in [2.75, 3.05) is 24.2 Å². The van der Waals surface area contributed by atoms with E-state index in [0.717, 1.165) is 32.8 Å². The fourth-order valence-corrected chi connectivity index (χ4v) is 4.64. The first kappa shape index (κ1) is 23.0. The average Bonchev–Trinajstić information content (AvgIpc) is 2.68. The molecule has 1 fully saturated rings. The monoisotopic (exact) mass is 443 g/mol. The van der Waals surface area contributed by atoms with Gasteiger partial charge in [0.05, 0.1) is 12.8 Å². The van der Waals surface area contributed by atoms with Gasteiger partial charge in [0, 0.05) is 18.8 Å². The second-order valence-electron chi connectivity index (χ2n) is 8.49. The smallest absolute Gasteiger partial charge is 0.247 e. The van der Waals surface area contributed by atoms with Crippen molar-refractivity contribution in [2.45, 2.75) is 39.8 Å². The lowest BCUT2D eigenvalue weighted by Crippen LogP contribution is -2.70. The van der Waals surface area contributed by atoms with Gasteiger partial charge < -0.3 is 5.32 Å². The number of rotatable bonds is 5. The fraction of sp³-hybridized carbons (Fsp3) is 0.391. The minimum atomic E-state index is -3.65. The van der Waals surface area contributed by atoms with Gasteiger partial charge in [-0.1, -0.05) is 42.0 Å². The Morgan fingerprint density at radius 3 is 2.29 bits per heavy atom. The van der Waals surface area contributed by atoms with Crippen molar-refractivity contribution >= 4 is 27.5 Å². The summed E-state index contributed by atoms with van der Waals surface area (Å²) >= 11 is 0. The maximum absolute atomic E-state index is 13.4. The highest BCUT2D eigenvalue weighted by molar-refractivity contribution is 7.88. The third kappa shape index (κ3) is 4.80. The molecule has 1 N–H and O–H groups in total. The standard InChI is InChI=1S/C23H29N3O4S/c1-16-7-10-19(11-8-16)13-24-22(28)23(4)15-25(31(5,29)30)14-21(27)26(23)20-12-17(2)6-9-18(20)3/h6-12H,13-15H2,1-5H3,(H,24,28)/t23-/m0/s1. The molecule has 166 valence electrons. The Morgan fingerprint density at radius 2 is 1.68 bits per heavy atom. The summed E-state index contributed by atoms with van der Waals surface area (Å²) in [6.07, 6.45) is 1.05. The number of carbonyl (C=O) groups is 2. The molecule has 0 spiro atoms. The molecule has 0 saturated carbocycles. The number of piperazine rings is 1. The van der Waals surface area contributed by atoms with Crippen molar-refractivity contribution in [2.24, 2.45) is 0 Å². The molecule has 0 unspecified atom stereocenters. The molecule has 1 aliphatic heterocycles. The molecule has 0 aromatic heterocycles. The van der Waals surface area contributed by atoms with Gasteiger partial charge in [0.25, 0.3) is 0 Å². The van der Waals surface area contributed by atoms with E-state index in [0.29, 0.717) is 5.69 Å².